The van der Waals surface area contributed by atoms with E-state index < -0.39 is 0 Å². The van der Waals surface area contributed by atoms with Crippen molar-refractivity contribution in [3.05, 3.63) is 132 Å². The predicted octanol–water partition coefficient (Wildman–Crippen LogP) is 10.1. The molecule has 0 bridgehead atoms. The zero-order valence-corrected chi connectivity index (χ0v) is 22.9. The average molecular weight is 523 g/mol. The second-order valence-corrected chi connectivity index (χ2v) is 11.7. The molecule has 0 saturated carbocycles. The van der Waals surface area contributed by atoms with Crippen LogP contribution in [-0.4, -0.2) is 9.97 Å². The highest BCUT2D eigenvalue weighted by atomic mass is 14.8. The molecule has 0 fully saturated rings. The Morgan fingerprint density at radius 3 is 1.66 bits per heavy atom. The van der Waals surface area contributed by atoms with Crippen LogP contribution in [0, 0.1) is 0 Å². The Hall–Kier alpha value is -5.08. The second-order valence-electron chi connectivity index (χ2n) is 11.7. The van der Waals surface area contributed by atoms with Gasteiger partial charge < -0.3 is 0 Å². The molecule has 0 aliphatic heterocycles. The molecule has 7 aromatic rings. The summed E-state index contributed by atoms with van der Waals surface area (Å²) >= 11 is 0. The van der Waals surface area contributed by atoms with E-state index in [0.717, 1.165) is 33.5 Å². The molecule has 2 aliphatic carbocycles. The van der Waals surface area contributed by atoms with Crippen molar-refractivity contribution in [2.45, 2.75) is 19.3 Å². The molecule has 1 heterocycles. The maximum atomic E-state index is 5.27. The number of para-hydroxylation sites is 2. The fraction of sp³-hybridized carbons (Fsp3) is 0.0769. The molecular formula is C39H26N2. The molecule has 2 heteroatoms. The molecule has 2 nitrogen and oxygen atoms in total. The van der Waals surface area contributed by atoms with E-state index in [1.165, 1.54) is 55.3 Å². The molecule has 192 valence electrons. The summed E-state index contributed by atoms with van der Waals surface area (Å²) in [6.45, 7) is 4.72. The van der Waals surface area contributed by atoms with E-state index in [1.807, 2.05) is 24.3 Å². The van der Waals surface area contributed by atoms with Crippen LogP contribution in [0.2, 0.25) is 0 Å². The number of nitrogens with zero attached hydrogens (tertiary/aromatic N) is 2. The summed E-state index contributed by atoms with van der Waals surface area (Å²) in [4.78, 5) is 10.4. The molecule has 0 N–H and O–H groups in total. The Balaban J connectivity index is 1.42. The summed E-state index contributed by atoms with van der Waals surface area (Å²) < 4.78 is 0. The highest BCUT2D eigenvalue weighted by Crippen LogP contribution is 2.58. The van der Waals surface area contributed by atoms with Gasteiger partial charge in [-0.1, -0.05) is 123 Å². The Morgan fingerprint density at radius 1 is 0.439 bits per heavy atom. The van der Waals surface area contributed by atoms with Crippen molar-refractivity contribution >= 4 is 21.8 Å². The van der Waals surface area contributed by atoms with Crippen LogP contribution in [0.25, 0.3) is 77.7 Å². The lowest BCUT2D eigenvalue weighted by Gasteiger charge is -2.23. The van der Waals surface area contributed by atoms with E-state index in [1.54, 1.807) is 0 Å². The first kappa shape index (κ1) is 22.7. The van der Waals surface area contributed by atoms with Gasteiger partial charge in [0.2, 0.25) is 0 Å². The van der Waals surface area contributed by atoms with Crippen molar-refractivity contribution in [3.63, 3.8) is 0 Å². The number of aromatic nitrogens is 2. The van der Waals surface area contributed by atoms with Gasteiger partial charge in [0.1, 0.15) is 0 Å². The quantitative estimate of drug-likeness (QED) is 0.226. The standard InChI is InChI=1S/C39H26N2/c1-39(2)30-17-9-15-25-24-13-8-14-27-29(22-21-28(34(24)27)26-16-10-18-31(39)36(26)35(25)30)38-37(23-11-4-3-5-12-23)40-32-19-6-7-20-33(32)41-38/h3-22H,1-2H3. The third-order valence-electron chi connectivity index (χ3n) is 9.22. The maximum absolute atomic E-state index is 5.27. The van der Waals surface area contributed by atoms with Crippen LogP contribution in [0.1, 0.15) is 25.0 Å². The van der Waals surface area contributed by atoms with Gasteiger partial charge in [0, 0.05) is 16.5 Å². The van der Waals surface area contributed by atoms with Crippen molar-refractivity contribution in [2.24, 2.45) is 0 Å². The fourth-order valence-corrected chi connectivity index (χ4v) is 7.33. The Bertz CT molecular complexity index is 2160. The van der Waals surface area contributed by atoms with Crippen LogP contribution in [0.5, 0.6) is 0 Å². The Labute approximate surface area is 239 Å². The molecular weight excluding hydrogens is 496 g/mol. The van der Waals surface area contributed by atoms with Gasteiger partial charge in [0.05, 0.1) is 22.4 Å². The first-order chi connectivity index (χ1) is 20.1. The molecule has 0 saturated heterocycles. The minimum atomic E-state index is -0.0344. The molecule has 0 unspecified atom stereocenters. The molecule has 6 aromatic carbocycles. The minimum Gasteiger partial charge on any atom is -0.244 e. The normalized spacial score (nSPS) is 13.8. The van der Waals surface area contributed by atoms with Gasteiger partial charge in [-0.25, -0.2) is 9.97 Å². The number of hydrogen-bond donors (Lipinski definition) is 0. The Kier molecular flexibility index (Phi) is 4.42. The van der Waals surface area contributed by atoms with Crippen molar-refractivity contribution in [1.29, 1.82) is 0 Å². The number of rotatable bonds is 2. The van der Waals surface area contributed by atoms with E-state index in [4.69, 9.17) is 9.97 Å². The molecule has 0 amide bonds. The van der Waals surface area contributed by atoms with Crippen LogP contribution in [0.4, 0.5) is 0 Å². The third-order valence-corrected chi connectivity index (χ3v) is 9.22. The molecule has 2 aliphatic rings. The highest BCUT2D eigenvalue weighted by molar-refractivity contribution is 6.18. The largest absolute Gasteiger partial charge is 0.244 e. The number of benzene rings is 6. The summed E-state index contributed by atoms with van der Waals surface area (Å²) in [6, 6.07) is 43.7. The Morgan fingerprint density at radius 2 is 0.976 bits per heavy atom. The van der Waals surface area contributed by atoms with Crippen molar-refractivity contribution in [3.8, 4) is 55.9 Å². The first-order valence-electron chi connectivity index (χ1n) is 14.3. The van der Waals surface area contributed by atoms with Gasteiger partial charge in [0.15, 0.2) is 0 Å². The van der Waals surface area contributed by atoms with Crippen LogP contribution in [0.3, 0.4) is 0 Å². The molecule has 41 heavy (non-hydrogen) atoms. The summed E-state index contributed by atoms with van der Waals surface area (Å²) in [5, 5.41) is 2.49. The molecule has 9 rings (SSSR count). The molecule has 0 spiro atoms. The van der Waals surface area contributed by atoms with Crippen molar-refractivity contribution in [2.75, 3.05) is 0 Å². The van der Waals surface area contributed by atoms with E-state index in [2.05, 4.69) is 111 Å². The topological polar surface area (TPSA) is 25.8 Å². The monoisotopic (exact) mass is 522 g/mol. The lowest BCUT2D eigenvalue weighted by molar-refractivity contribution is 0.660. The SMILES string of the molecule is CC1(C)c2cccc3c2-c2c(cccc21)-c1ccc(-c2nc4ccccc4nc2-c2ccccc2)c2cccc-3c12. The molecule has 0 atom stereocenters. The second kappa shape index (κ2) is 7.99. The van der Waals surface area contributed by atoms with Gasteiger partial charge in [-0.15, -0.1) is 0 Å². The lowest BCUT2D eigenvalue weighted by atomic mass is 9.80. The number of fused-ring (bicyclic) bond motifs is 3. The van der Waals surface area contributed by atoms with Gasteiger partial charge >= 0.3 is 0 Å². The third kappa shape index (κ3) is 2.97. The van der Waals surface area contributed by atoms with Crippen molar-refractivity contribution in [1.82, 2.24) is 9.97 Å². The summed E-state index contributed by atoms with van der Waals surface area (Å²) in [5.41, 5.74) is 16.6. The van der Waals surface area contributed by atoms with Crippen molar-refractivity contribution < 1.29 is 0 Å². The number of hydrogen-bond acceptors (Lipinski definition) is 2. The summed E-state index contributed by atoms with van der Waals surface area (Å²) in [7, 11) is 0. The predicted molar refractivity (Wildman–Crippen MR) is 170 cm³/mol. The summed E-state index contributed by atoms with van der Waals surface area (Å²) in [5.74, 6) is 0. The van der Waals surface area contributed by atoms with Crippen LogP contribution < -0.4 is 0 Å². The zero-order valence-electron chi connectivity index (χ0n) is 22.9. The van der Waals surface area contributed by atoms with Crippen LogP contribution in [0.15, 0.2) is 121 Å². The lowest BCUT2D eigenvalue weighted by Crippen LogP contribution is -2.15. The van der Waals surface area contributed by atoms with E-state index in [0.29, 0.717) is 0 Å². The van der Waals surface area contributed by atoms with E-state index >= 15 is 0 Å². The smallest absolute Gasteiger partial charge is 0.0979 e. The zero-order chi connectivity index (χ0) is 27.3. The fourth-order valence-electron chi connectivity index (χ4n) is 7.33. The van der Waals surface area contributed by atoms with E-state index in [9.17, 15) is 0 Å². The summed E-state index contributed by atoms with van der Waals surface area (Å²) in [6.07, 6.45) is 0. The minimum absolute atomic E-state index is 0.0344. The highest BCUT2D eigenvalue weighted by Gasteiger charge is 2.40. The van der Waals surface area contributed by atoms with E-state index in [-0.39, 0.29) is 5.41 Å². The molecule has 0 radical (unpaired) electrons. The van der Waals surface area contributed by atoms with Gasteiger partial charge in [-0.05, 0) is 67.4 Å². The van der Waals surface area contributed by atoms with Crippen LogP contribution >= 0.6 is 0 Å². The van der Waals surface area contributed by atoms with Crippen LogP contribution in [-0.2, 0) is 5.41 Å². The van der Waals surface area contributed by atoms with Gasteiger partial charge in [-0.2, -0.15) is 0 Å². The maximum Gasteiger partial charge on any atom is 0.0979 e. The van der Waals surface area contributed by atoms with Gasteiger partial charge in [0.25, 0.3) is 0 Å². The van der Waals surface area contributed by atoms with Gasteiger partial charge in [-0.3, -0.25) is 0 Å². The molecule has 1 aromatic heterocycles. The first-order valence-corrected chi connectivity index (χ1v) is 14.3. The average Bonchev–Trinajstić information content (AvgIpc) is 3.18.